The van der Waals surface area contributed by atoms with Gasteiger partial charge in [0.2, 0.25) is 0 Å². The Labute approximate surface area is 122 Å². The topological polar surface area (TPSA) is 0 Å². The van der Waals surface area contributed by atoms with Crippen LogP contribution in [-0.4, -0.2) is 0 Å². The van der Waals surface area contributed by atoms with Crippen LogP contribution in [0.25, 0.3) is 0 Å². The summed E-state index contributed by atoms with van der Waals surface area (Å²) in [6, 6.07) is 0. The molecule has 0 saturated carbocycles. The van der Waals surface area contributed by atoms with Crippen LogP contribution in [0.3, 0.4) is 0 Å². The molecular formula is C20H22. The largest absolute Gasteiger partial charge is 0.0885 e. The van der Waals surface area contributed by atoms with Gasteiger partial charge >= 0.3 is 0 Å². The Hall–Kier alpha value is -1.56. The molecule has 20 heavy (non-hydrogen) atoms. The molecule has 3 unspecified atom stereocenters. The maximum Gasteiger partial charge on any atom is -0.00842 e. The third-order valence-corrected chi connectivity index (χ3v) is 5.36. The molecule has 0 amide bonds. The molecule has 4 aliphatic rings. The Balaban J connectivity index is 1.82. The molecule has 4 aliphatic carbocycles. The standard InChI is InChI=1S/C20H22/c1-2-6-12-17-16(11-5-1)18-13-7-3-4-9-15-10-8-14-19(17)20(15)18/h1-4,7-10,13,16-17,19H,5-6,11-12,14H2/b2-1-,4-3?,7-3?,9-4?,13-7?,15-9-,18-13?. The van der Waals surface area contributed by atoms with Crippen LogP contribution in [0.1, 0.15) is 32.1 Å². The number of allylic oxidation sites excluding steroid dienone is 12. The smallest absolute Gasteiger partial charge is 0.00842 e. The molecule has 0 aromatic heterocycles. The van der Waals surface area contributed by atoms with Gasteiger partial charge in [-0.15, -0.1) is 0 Å². The monoisotopic (exact) mass is 262 g/mol. The Morgan fingerprint density at radius 3 is 2.65 bits per heavy atom. The minimum Gasteiger partial charge on any atom is -0.0885 e. The number of hydrogen-bond acceptors (Lipinski definition) is 0. The summed E-state index contributed by atoms with van der Waals surface area (Å²) < 4.78 is 0. The van der Waals surface area contributed by atoms with E-state index in [4.69, 9.17) is 0 Å². The Morgan fingerprint density at radius 2 is 1.70 bits per heavy atom. The van der Waals surface area contributed by atoms with Crippen molar-refractivity contribution in [3.8, 4) is 0 Å². The Bertz CT molecular complexity index is 577. The lowest BCUT2D eigenvalue weighted by molar-refractivity contribution is 0.290. The zero-order chi connectivity index (χ0) is 13.4. The summed E-state index contributed by atoms with van der Waals surface area (Å²) in [5, 5.41) is 0. The van der Waals surface area contributed by atoms with Gasteiger partial charge in [-0.3, -0.25) is 0 Å². The van der Waals surface area contributed by atoms with Crippen molar-refractivity contribution in [2.45, 2.75) is 32.1 Å². The zero-order valence-electron chi connectivity index (χ0n) is 12.0. The molecule has 0 N–H and O–H groups in total. The lowest BCUT2D eigenvalue weighted by Gasteiger charge is -2.29. The first-order chi connectivity index (χ1) is 9.95. The van der Waals surface area contributed by atoms with Crippen LogP contribution in [0.4, 0.5) is 0 Å². The first kappa shape index (κ1) is 12.2. The SMILES string of the molecule is C1=C/C=C2/C=CCC3C2=C(C=C1)C1CC/C=C\CCC13. The van der Waals surface area contributed by atoms with Gasteiger partial charge in [0.1, 0.15) is 0 Å². The second-order valence-corrected chi connectivity index (χ2v) is 6.38. The van der Waals surface area contributed by atoms with Crippen LogP contribution in [-0.2, 0) is 0 Å². The Morgan fingerprint density at radius 1 is 0.800 bits per heavy atom. The van der Waals surface area contributed by atoms with Gasteiger partial charge in [-0.25, -0.2) is 0 Å². The molecule has 0 spiro atoms. The molecule has 0 bridgehead atoms. The van der Waals surface area contributed by atoms with Crippen molar-refractivity contribution in [2.75, 3.05) is 0 Å². The van der Waals surface area contributed by atoms with E-state index in [1.807, 2.05) is 0 Å². The van der Waals surface area contributed by atoms with Gasteiger partial charge in [-0.1, -0.05) is 54.7 Å². The predicted molar refractivity (Wildman–Crippen MR) is 85.2 cm³/mol. The maximum atomic E-state index is 2.40. The highest BCUT2D eigenvalue weighted by Crippen LogP contribution is 2.53. The fraction of sp³-hybridized carbons (Fsp3) is 0.400. The minimum absolute atomic E-state index is 0.772. The second-order valence-electron chi connectivity index (χ2n) is 6.38. The number of rotatable bonds is 0. The van der Waals surface area contributed by atoms with E-state index in [1.165, 1.54) is 37.7 Å². The van der Waals surface area contributed by atoms with Crippen LogP contribution < -0.4 is 0 Å². The molecule has 3 atom stereocenters. The van der Waals surface area contributed by atoms with E-state index in [9.17, 15) is 0 Å². The summed E-state index contributed by atoms with van der Waals surface area (Å²) in [6.45, 7) is 0. The first-order valence-corrected chi connectivity index (χ1v) is 8.06. The lowest BCUT2D eigenvalue weighted by atomic mass is 9.75. The van der Waals surface area contributed by atoms with Gasteiger partial charge < -0.3 is 0 Å². The predicted octanol–water partition coefficient (Wildman–Crippen LogP) is 5.29. The zero-order valence-corrected chi connectivity index (χ0v) is 12.0. The third kappa shape index (κ3) is 1.90. The van der Waals surface area contributed by atoms with Gasteiger partial charge in [-0.2, -0.15) is 0 Å². The van der Waals surface area contributed by atoms with Crippen molar-refractivity contribution in [3.05, 3.63) is 71.4 Å². The van der Waals surface area contributed by atoms with Crippen molar-refractivity contribution >= 4 is 0 Å². The summed E-state index contributed by atoms with van der Waals surface area (Å²) >= 11 is 0. The van der Waals surface area contributed by atoms with Crippen LogP contribution in [0, 0.1) is 17.8 Å². The average Bonchev–Trinajstić information content (AvgIpc) is 2.68. The quantitative estimate of drug-likeness (QED) is 0.520. The van der Waals surface area contributed by atoms with Gasteiger partial charge in [-0.05, 0) is 66.6 Å². The normalized spacial score (nSPS) is 39.0. The summed E-state index contributed by atoms with van der Waals surface area (Å²) in [4.78, 5) is 0. The highest BCUT2D eigenvalue weighted by Gasteiger charge is 2.42. The van der Waals surface area contributed by atoms with E-state index in [2.05, 4.69) is 54.7 Å². The van der Waals surface area contributed by atoms with Crippen molar-refractivity contribution in [2.24, 2.45) is 17.8 Å². The molecule has 4 rings (SSSR count). The van der Waals surface area contributed by atoms with E-state index in [-0.39, 0.29) is 0 Å². The second kappa shape index (κ2) is 5.09. The van der Waals surface area contributed by atoms with Crippen LogP contribution in [0.2, 0.25) is 0 Å². The summed E-state index contributed by atoms with van der Waals surface area (Å²) in [5.41, 5.74) is 4.79. The number of fused-ring (bicyclic) bond motifs is 3. The molecule has 102 valence electrons. The van der Waals surface area contributed by atoms with Crippen molar-refractivity contribution in [3.63, 3.8) is 0 Å². The summed E-state index contributed by atoms with van der Waals surface area (Å²) in [5.74, 6) is 2.42. The van der Waals surface area contributed by atoms with E-state index in [0.29, 0.717) is 0 Å². The molecule has 0 aromatic carbocycles. The summed E-state index contributed by atoms with van der Waals surface area (Å²) in [6.07, 6.45) is 27.3. The van der Waals surface area contributed by atoms with Crippen molar-refractivity contribution in [1.29, 1.82) is 0 Å². The van der Waals surface area contributed by atoms with Crippen LogP contribution in [0.5, 0.6) is 0 Å². The van der Waals surface area contributed by atoms with E-state index in [0.717, 1.165) is 17.8 Å². The molecule has 0 nitrogen and oxygen atoms in total. The van der Waals surface area contributed by atoms with E-state index >= 15 is 0 Å². The molecule has 0 fully saturated rings. The number of hydrogen-bond donors (Lipinski definition) is 0. The molecule has 0 radical (unpaired) electrons. The average molecular weight is 262 g/mol. The Kier molecular flexibility index (Phi) is 3.10. The molecule has 0 aliphatic heterocycles. The molecule has 0 heterocycles. The van der Waals surface area contributed by atoms with Gasteiger partial charge in [0.15, 0.2) is 0 Å². The van der Waals surface area contributed by atoms with E-state index in [1.54, 1.807) is 11.1 Å². The van der Waals surface area contributed by atoms with Gasteiger partial charge in [0, 0.05) is 0 Å². The fourth-order valence-corrected chi connectivity index (χ4v) is 4.56. The van der Waals surface area contributed by atoms with E-state index < -0.39 is 0 Å². The van der Waals surface area contributed by atoms with Gasteiger partial charge in [0.05, 0.1) is 0 Å². The van der Waals surface area contributed by atoms with Crippen molar-refractivity contribution < 1.29 is 0 Å². The van der Waals surface area contributed by atoms with Crippen molar-refractivity contribution in [1.82, 2.24) is 0 Å². The highest BCUT2D eigenvalue weighted by atomic mass is 14.5. The third-order valence-electron chi connectivity index (χ3n) is 5.36. The lowest BCUT2D eigenvalue weighted by Crippen LogP contribution is -2.20. The maximum absolute atomic E-state index is 2.40. The fourth-order valence-electron chi connectivity index (χ4n) is 4.56. The molecule has 0 heteroatoms. The summed E-state index contributed by atoms with van der Waals surface area (Å²) in [7, 11) is 0. The first-order valence-electron chi connectivity index (χ1n) is 8.06. The molecule has 0 saturated heterocycles. The molecular weight excluding hydrogens is 240 g/mol. The molecule has 0 aromatic rings. The van der Waals surface area contributed by atoms with Gasteiger partial charge in [0.25, 0.3) is 0 Å². The highest BCUT2D eigenvalue weighted by molar-refractivity contribution is 5.56. The van der Waals surface area contributed by atoms with Crippen LogP contribution >= 0.6 is 0 Å². The van der Waals surface area contributed by atoms with Crippen LogP contribution in [0.15, 0.2) is 71.4 Å². The minimum atomic E-state index is 0.772.